The van der Waals surface area contributed by atoms with Crippen molar-refractivity contribution in [2.24, 2.45) is 0 Å². The third-order valence-corrected chi connectivity index (χ3v) is 8.15. The van der Waals surface area contributed by atoms with Crippen LogP contribution in [0.3, 0.4) is 0 Å². The third-order valence-electron chi connectivity index (χ3n) is 8.15. The first-order valence-corrected chi connectivity index (χ1v) is 13.9. The van der Waals surface area contributed by atoms with E-state index >= 15 is 0 Å². The summed E-state index contributed by atoms with van der Waals surface area (Å²) in [6, 6.07) is 19.2. The molecule has 0 saturated carbocycles. The van der Waals surface area contributed by atoms with Crippen molar-refractivity contribution < 1.29 is 46.6 Å². The molecular formula is C32H31BF3NO7. The number of halogens is 3. The summed E-state index contributed by atoms with van der Waals surface area (Å²) >= 11 is 0. The molecule has 2 aliphatic rings. The normalized spacial score (nSPS) is 17.2. The summed E-state index contributed by atoms with van der Waals surface area (Å²) in [7, 11) is -0.972. The minimum absolute atomic E-state index is 0.0875. The van der Waals surface area contributed by atoms with Crippen molar-refractivity contribution in [1.82, 2.24) is 5.32 Å². The molecule has 1 amide bonds. The number of rotatable bonds is 8. The molecule has 1 aliphatic heterocycles. The van der Waals surface area contributed by atoms with Gasteiger partial charge in [0.15, 0.2) is 0 Å². The number of ether oxygens (including phenoxy) is 2. The number of carboxylic acid groups (broad SMARTS) is 1. The Morgan fingerprint density at radius 2 is 1.52 bits per heavy atom. The number of carboxylic acids is 1. The van der Waals surface area contributed by atoms with E-state index in [1.165, 1.54) is 12.1 Å². The number of aromatic carboxylic acids is 1. The minimum Gasteiger partial charge on any atom is -0.478 e. The zero-order chi connectivity index (χ0) is 31.9. The number of alkyl carbamates (subject to hydrolysis) is 1. The highest BCUT2D eigenvalue weighted by molar-refractivity contribution is 6.56. The molecule has 1 saturated heterocycles. The van der Waals surface area contributed by atoms with Crippen molar-refractivity contribution >= 4 is 25.3 Å². The van der Waals surface area contributed by atoms with Gasteiger partial charge in [-0.05, 0) is 73.1 Å². The second-order valence-corrected chi connectivity index (χ2v) is 11.6. The van der Waals surface area contributed by atoms with E-state index in [4.69, 9.17) is 14.0 Å². The van der Waals surface area contributed by atoms with Gasteiger partial charge >= 0.3 is 25.5 Å². The zero-order valence-electron chi connectivity index (χ0n) is 24.5. The van der Waals surface area contributed by atoms with Crippen molar-refractivity contribution in [3.63, 3.8) is 0 Å². The van der Waals surface area contributed by atoms with E-state index in [-0.39, 0.29) is 24.6 Å². The van der Waals surface area contributed by atoms with Crippen molar-refractivity contribution in [3.05, 3.63) is 94.5 Å². The van der Waals surface area contributed by atoms with Gasteiger partial charge in [-0.3, -0.25) is 0 Å². The molecule has 0 spiro atoms. The van der Waals surface area contributed by atoms with Gasteiger partial charge in [0.2, 0.25) is 0 Å². The first-order chi connectivity index (χ1) is 20.6. The summed E-state index contributed by atoms with van der Waals surface area (Å²) in [5.41, 5.74) is 2.66. The van der Waals surface area contributed by atoms with Crippen LogP contribution in [-0.4, -0.2) is 55.0 Å². The Hall–Kier alpha value is -4.29. The van der Waals surface area contributed by atoms with E-state index in [1.54, 1.807) is 0 Å². The Kier molecular flexibility index (Phi) is 8.26. The molecule has 8 nitrogen and oxygen atoms in total. The Balaban J connectivity index is 1.36. The summed E-state index contributed by atoms with van der Waals surface area (Å²) in [5.74, 6) is -2.61. The number of carbonyl (C=O) groups is 2. The van der Waals surface area contributed by atoms with Crippen LogP contribution >= 0.6 is 0 Å². The summed E-state index contributed by atoms with van der Waals surface area (Å²) in [6.45, 7) is 7.29. The molecule has 1 aliphatic carbocycles. The van der Waals surface area contributed by atoms with Crippen LogP contribution in [-0.2, 0) is 14.0 Å². The fourth-order valence-electron chi connectivity index (χ4n) is 5.25. The number of fused-ring (bicyclic) bond motifs is 3. The maximum atomic E-state index is 13.0. The largest absolute Gasteiger partial charge is 0.573 e. The van der Waals surface area contributed by atoms with Gasteiger partial charge in [0, 0.05) is 12.5 Å². The van der Waals surface area contributed by atoms with E-state index in [0.29, 0.717) is 5.47 Å². The molecule has 3 aromatic carbocycles. The van der Waals surface area contributed by atoms with E-state index in [9.17, 15) is 27.9 Å². The van der Waals surface area contributed by atoms with Gasteiger partial charge in [0.25, 0.3) is 0 Å². The molecule has 0 atom stereocenters. The number of amides is 1. The van der Waals surface area contributed by atoms with Crippen molar-refractivity contribution in [2.75, 3.05) is 13.2 Å². The quantitative estimate of drug-likeness (QED) is 0.270. The van der Waals surface area contributed by atoms with Crippen LogP contribution in [0.4, 0.5) is 18.0 Å². The maximum absolute atomic E-state index is 13.0. The standard InChI is InChI=1S/C32H31BF3NO7/c1-30(2)31(3,4)44-33(43-30)20(15-19-13-14-25(28(38)39)27(16-19)42-32(34,35)36)17-37-29(40)41-18-26-23-11-7-5-9-21(23)22-10-6-8-12-24(22)26/h5-16,26H,17-18H2,1-4H3,(H,37,40)(H,38,39). The molecule has 3 aromatic rings. The van der Waals surface area contributed by atoms with Crippen molar-refractivity contribution in [3.8, 4) is 16.9 Å². The predicted octanol–water partition coefficient (Wildman–Crippen LogP) is 6.84. The average Bonchev–Trinajstić information content (AvgIpc) is 3.37. The van der Waals surface area contributed by atoms with Crippen LogP contribution in [0.2, 0.25) is 0 Å². The lowest BCUT2D eigenvalue weighted by atomic mass is 9.77. The molecule has 0 aromatic heterocycles. The summed E-state index contributed by atoms with van der Waals surface area (Å²) in [5, 5.41) is 12.0. The SMILES string of the molecule is CC1(C)OB(C(=Cc2ccc(C(=O)O)c(OC(F)(F)F)c2)CNC(=O)OCC2c3ccccc3-c3ccccc32)OC1(C)C. The Morgan fingerprint density at radius 3 is 2.07 bits per heavy atom. The number of hydrogen-bond donors (Lipinski definition) is 2. The van der Waals surface area contributed by atoms with Crippen molar-refractivity contribution in [1.29, 1.82) is 0 Å². The molecule has 1 fully saturated rings. The lowest BCUT2D eigenvalue weighted by Crippen LogP contribution is -2.41. The number of alkyl halides is 3. The first-order valence-electron chi connectivity index (χ1n) is 13.9. The monoisotopic (exact) mass is 609 g/mol. The highest BCUT2D eigenvalue weighted by Gasteiger charge is 2.52. The fourth-order valence-corrected chi connectivity index (χ4v) is 5.25. The molecule has 1 heterocycles. The number of nitrogens with one attached hydrogen (secondary N) is 1. The molecule has 0 radical (unpaired) electrons. The van der Waals surface area contributed by atoms with Gasteiger partial charge in [0.1, 0.15) is 17.9 Å². The van der Waals surface area contributed by atoms with Gasteiger partial charge in [-0.25, -0.2) is 9.59 Å². The molecule has 230 valence electrons. The highest BCUT2D eigenvalue weighted by atomic mass is 19.4. The Bertz CT molecular complexity index is 1560. The van der Waals surface area contributed by atoms with Gasteiger partial charge in [0.05, 0.1) is 11.2 Å². The van der Waals surface area contributed by atoms with Gasteiger partial charge in [-0.2, -0.15) is 0 Å². The topological polar surface area (TPSA) is 103 Å². The van der Waals surface area contributed by atoms with E-state index in [2.05, 4.69) is 10.1 Å². The van der Waals surface area contributed by atoms with Crippen LogP contribution in [0.1, 0.15) is 60.7 Å². The van der Waals surface area contributed by atoms with Crippen LogP contribution in [0, 0.1) is 0 Å². The molecule has 0 bridgehead atoms. The molecule has 5 rings (SSSR count). The second-order valence-electron chi connectivity index (χ2n) is 11.6. The summed E-state index contributed by atoms with van der Waals surface area (Å²) in [6.07, 6.45) is -4.36. The van der Waals surface area contributed by atoms with E-state index < -0.39 is 48.1 Å². The molecule has 2 N–H and O–H groups in total. The first kappa shape index (κ1) is 31.1. The Labute approximate surface area is 252 Å². The zero-order valence-corrected chi connectivity index (χ0v) is 24.5. The minimum atomic E-state index is -5.10. The molecule has 0 unspecified atom stereocenters. The second kappa shape index (κ2) is 11.7. The van der Waals surface area contributed by atoms with Crippen LogP contribution in [0.15, 0.2) is 72.2 Å². The molecular weight excluding hydrogens is 578 g/mol. The van der Waals surface area contributed by atoms with E-state index in [1.807, 2.05) is 76.2 Å². The van der Waals surface area contributed by atoms with E-state index in [0.717, 1.165) is 34.4 Å². The average molecular weight is 609 g/mol. The third kappa shape index (κ3) is 6.46. The van der Waals surface area contributed by atoms with Gasteiger partial charge < -0.3 is 29.2 Å². The van der Waals surface area contributed by atoms with Gasteiger partial charge in [-0.15, -0.1) is 13.2 Å². The lowest BCUT2D eigenvalue weighted by molar-refractivity contribution is -0.274. The maximum Gasteiger partial charge on any atom is 0.573 e. The van der Waals surface area contributed by atoms with Crippen LogP contribution < -0.4 is 10.1 Å². The van der Waals surface area contributed by atoms with Crippen molar-refractivity contribution in [2.45, 2.75) is 51.2 Å². The summed E-state index contributed by atoms with van der Waals surface area (Å²) in [4.78, 5) is 24.4. The highest BCUT2D eigenvalue weighted by Crippen LogP contribution is 2.44. The van der Waals surface area contributed by atoms with Gasteiger partial charge in [-0.1, -0.05) is 60.7 Å². The lowest BCUT2D eigenvalue weighted by Gasteiger charge is -2.32. The smallest absolute Gasteiger partial charge is 0.478 e. The summed E-state index contributed by atoms with van der Waals surface area (Å²) < 4.78 is 60.9. The molecule has 12 heteroatoms. The van der Waals surface area contributed by atoms with Crippen LogP contribution in [0.25, 0.3) is 17.2 Å². The number of carbonyl (C=O) groups excluding carboxylic acids is 1. The van der Waals surface area contributed by atoms with Crippen LogP contribution in [0.5, 0.6) is 5.75 Å². The molecule has 44 heavy (non-hydrogen) atoms. The Morgan fingerprint density at radius 1 is 0.955 bits per heavy atom. The predicted molar refractivity (Wildman–Crippen MR) is 157 cm³/mol. The number of hydrogen-bond acceptors (Lipinski definition) is 6. The fraction of sp³-hybridized carbons (Fsp3) is 0.312. The number of benzene rings is 3.